The summed E-state index contributed by atoms with van der Waals surface area (Å²) < 4.78 is 36.6. The molecule has 20 heavy (non-hydrogen) atoms. The van der Waals surface area contributed by atoms with Crippen molar-refractivity contribution in [1.29, 1.82) is 0 Å². The van der Waals surface area contributed by atoms with Crippen LogP contribution in [0.25, 0.3) is 0 Å². The molecule has 2 unspecified atom stereocenters. The predicted octanol–water partition coefficient (Wildman–Crippen LogP) is -0.211. The van der Waals surface area contributed by atoms with Crippen LogP contribution in [-0.2, 0) is 9.59 Å². The minimum absolute atomic E-state index is 0.0710. The Morgan fingerprint density at radius 2 is 2.10 bits per heavy atom. The summed E-state index contributed by atoms with van der Waals surface area (Å²) in [4.78, 5) is 23.1. The maximum Gasteiger partial charge on any atom is 0.401 e. The molecule has 1 amide bonds. The van der Waals surface area contributed by atoms with Crippen LogP contribution in [0.15, 0.2) is 0 Å². The van der Waals surface area contributed by atoms with Crippen LogP contribution in [-0.4, -0.2) is 60.3 Å². The van der Waals surface area contributed by atoms with Crippen molar-refractivity contribution in [1.82, 2.24) is 10.2 Å². The summed E-state index contributed by atoms with van der Waals surface area (Å²) in [5.74, 6) is -1.84. The highest BCUT2D eigenvalue weighted by Gasteiger charge is 2.34. The van der Waals surface area contributed by atoms with Gasteiger partial charge in [0.15, 0.2) is 0 Å². The number of nitrogens with zero attached hydrogens (tertiary/aromatic N) is 1. The zero-order valence-electron chi connectivity index (χ0n) is 10.8. The number of rotatable bonds is 6. The van der Waals surface area contributed by atoms with Crippen LogP contribution in [0.2, 0.25) is 0 Å². The Balaban J connectivity index is 2.27. The maximum atomic E-state index is 12.2. The third kappa shape index (κ3) is 6.20. The number of alkyl halides is 3. The van der Waals surface area contributed by atoms with Gasteiger partial charge in [-0.05, 0) is 18.9 Å². The van der Waals surface area contributed by atoms with Crippen molar-refractivity contribution in [3.05, 3.63) is 0 Å². The topological polar surface area (TPSA) is 95.7 Å². The molecule has 9 heteroatoms. The van der Waals surface area contributed by atoms with Gasteiger partial charge in [-0.3, -0.25) is 14.5 Å². The molecule has 1 heterocycles. The molecule has 4 N–H and O–H groups in total. The van der Waals surface area contributed by atoms with Gasteiger partial charge in [-0.1, -0.05) is 0 Å². The summed E-state index contributed by atoms with van der Waals surface area (Å²) >= 11 is 0. The molecule has 1 aliphatic rings. The van der Waals surface area contributed by atoms with E-state index in [1.165, 1.54) is 4.90 Å². The normalized spacial score (nSPS) is 21.7. The number of halogens is 3. The molecule has 1 fully saturated rings. The summed E-state index contributed by atoms with van der Waals surface area (Å²) in [7, 11) is 0. The van der Waals surface area contributed by atoms with Gasteiger partial charge < -0.3 is 16.2 Å². The second-order valence-electron chi connectivity index (χ2n) is 4.95. The molecule has 0 aromatic carbocycles. The lowest BCUT2D eigenvalue weighted by molar-refractivity contribution is -0.143. The Labute approximate surface area is 114 Å². The summed E-state index contributed by atoms with van der Waals surface area (Å²) in [6, 6.07) is -1.14. The second-order valence-corrected chi connectivity index (χ2v) is 4.95. The van der Waals surface area contributed by atoms with Crippen molar-refractivity contribution in [3.8, 4) is 0 Å². The molecule has 1 rings (SSSR count). The quantitative estimate of drug-likeness (QED) is 0.630. The SMILES string of the molecule is NC(CC(=O)O)C(=O)NCC1CCN(CC(F)(F)F)C1. The molecule has 0 aromatic heterocycles. The fraction of sp³-hybridized carbons (Fsp3) is 0.818. The molecule has 1 aliphatic heterocycles. The highest BCUT2D eigenvalue weighted by atomic mass is 19.4. The van der Waals surface area contributed by atoms with Gasteiger partial charge >= 0.3 is 12.1 Å². The maximum absolute atomic E-state index is 12.2. The van der Waals surface area contributed by atoms with E-state index in [2.05, 4.69) is 5.32 Å². The molecule has 1 saturated heterocycles. The Bertz CT molecular complexity index is 363. The first kappa shape index (κ1) is 16.7. The van der Waals surface area contributed by atoms with E-state index in [1.807, 2.05) is 0 Å². The molecule has 0 saturated carbocycles. The average Bonchev–Trinajstić information content (AvgIpc) is 2.70. The van der Waals surface area contributed by atoms with Gasteiger partial charge in [-0.15, -0.1) is 0 Å². The lowest BCUT2D eigenvalue weighted by atomic mass is 10.1. The third-order valence-electron chi connectivity index (χ3n) is 3.07. The van der Waals surface area contributed by atoms with Gasteiger partial charge in [-0.2, -0.15) is 13.2 Å². The van der Waals surface area contributed by atoms with E-state index < -0.39 is 37.1 Å². The molecule has 116 valence electrons. The first-order chi connectivity index (χ1) is 9.17. The van der Waals surface area contributed by atoms with Crippen LogP contribution >= 0.6 is 0 Å². The Morgan fingerprint density at radius 3 is 2.65 bits per heavy atom. The van der Waals surface area contributed by atoms with E-state index in [4.69, 9.17) is 10.8 Å². The summed E-state index contributed by atoms with van der Waals surface area (Å²) in [6.07, 6.45) is -4.14. The van der Waals surface area contributed by atoms with E-state index in [-0.39, 0.29) is 19.0 Å². The Morgan fingerprint density at radius 1 is 1.45 bits per heavy atom. The second kappa shape index (κ2) is 6.89. The smallest absolute Gasteiger partial charge is 0.401 e. The van der Waals surface area contributed by atoms with Gasteiger partial charge in [0.1, 0.15) is 0 Å². The first-order valence-corrected chi connectivity index (χ1v) is 6.21. The number of carboxylic acids is 1. The monoisotopic (exact) mass is 297 g/mol. The van der Waals surface area contributed by atoms with Crippen molar-refractivity contribution >= 4 is 11.9 Å². The standard InChI is InChI=1S/C11H18F3N3O3/c12-11(13,14)6-17-2-1-7(5-17)4-16-10(20)8(15)3-9(18)19/h7-8H,1-6,15H2,(H,16,20)(H,18,19). The summed E-state index contributed by atoms with van der Waals surface area (Å²) in [6.45, 7) is -0.147. The molecule has 6 nitrogen and oxygen atoms in total. The van der Waals surface area contributed by atoms with E-state index in [1.54, 1.807) is 0 Å². The van der Waals surface area contributed by atoms with Crippen LogP contribution < -0.4 is 11.1 Å². The molecule has 0 aliphatic carbocycles. The largest absolute Gasteiger partial charge is 0.481 e. The Hall–Kier alpha value is -1.35. The fourth-order valence-electron chi connectivity index (χ4n) is 2.13. The molecular formula is C11H18F3N3O3. The third-order valence-corrected chi connectivity index (χ3v) is 3.07. The number of carboxylic acid groups (broad SMARTS) is 1. The van der Waals surface area contributed by atoms with Crippen LogP contribution in [0.5, 0.6) is 0 Å². The van der Waals surface area contributed by atoms with Crippen molar-refractivity contribution in [2.45, 2.75) is 25.1 Å². The number of nitrogens with two attached hydrogens (primary N) is 1. The molecular weight excluding hydrogens is 279 g/mol. The molecule has 0 bridgehead atoms. The minimum atomic E-state index is -4.22. The van der Waals surface area contributed by atoms with E-state index in [0.29, 0.717) is 13.0 Å². The number of carbonyl (C=O) groups excluding carboxylic acids is 1. The predicted molar refractivity (Wildman–Crippen MR) is 63.8 cm³/mol. The van der Waals surface area contributed by atoms with E-state index in [0.717, 1.165) is 0 Å². The molecule has 0 aromatic rings. The van der Waals surface area contributed by atoms with Crippen LogP contribution in [0, 0.1) is 5.92 Å². The van der Waals surface area contributed by atoms with Crippen molar-refractivity contribution < 1.29 is 27.9 Å². The van der Waals surface area contributed by atoms with Crippen molar-refractivity contribution in [3.63, 3.8) is 0 Å². The number of likely N-dealkylation sites (tertiary alicyclic amines) is 1. The molecule has 0 radical (unpaired) electrons. The van der Waals surface area contributed by atoms with Gasteiger partial charge in [-0.25, -0.2) is 0 Å². The van der Waals surface area contributed by atoms with Crippen LogP contribution in [0.3, 0.4) is 0 Å². The molecule has 0 spiro atoms. The lowest BCUT2D eigenvalue weighted by Crippen LogP contribution is -2.44. The zero-order valence-corrected chi connectivity index (χ0v) is 10.8. The Kier molecular flexibility index (Phi) is 5.75. The first-order valence-electron chi connectivity index (χ1n) is 6.21. The number of hydrogen-bond acceptors (Lipinski definition) is 4. The number of carbonyl (C=O) groups is 2. The summed E-state index contributed by atoms with van der Waals surface area (Å²) in [5.41, 5.74) is 5.36. The lowest BCUT2D eigenvalue weighted by Gasteiger charge is -2.18. The number of hydrogen-bond donors (Lipinski definition) is 3. The van der Waals surface area contributed by atoms with Crippen LogP contribution in [0.1, 0.15) is 12.8 Å². The average molecular weight is 297 g/mol. The minimum Gasteiger partial charge on any atom is -0.481 e. The van der Waals surface area contributed by atoms with Gasteiger partial charge in [0.05, 0.1) is 19.0 Å². The number of nitrogens with one attached hydrogen (secondary N) is 1. The highest BCUT2D eigenvalue weighted by molar-refractivity contribution is 5.85. The van der Waals surface area contributed by atoms with E-state index >= 15 is 0 Å². The zero-order chi connectivity index (χ0) is 15.3. The molecule has 2 atom stereocenters. The number of aliphatic carboxylic acids is 1. The van der Waals surface area contributed by atoms with Crippen LogP contribution in [0.4, 0.5) is 13.2 Å². The van der Waals surface area contributed by atoms with E-state index in [9.17, 15) is 22.8 Å². The number of amides is 1. The van der Waals surface area contributed by atoms with Gasteiger partial charge in [0.25, 0.3) is 0 Å². The highest BCUT2D eigenvalue weighted by Crippen LogP contribution is 2.22. The van der Waals surface area contributed by atoms with Crippen molar-refractivity contribution in [2.24, 2.45) is 11.7 Å². The van der Waals surface area contributed by atoms with Crippen molar-refractivity contribution in [2.75, 3.05) is 26.2 Å². The van der Waals surface area contributed by atoms with Gasteiger partial charge in [0.2, 0.25) is 5.91 Å². The fourth-order valence-corrected chi connectivity index (χ4v) is 2.13. The van der Waals surface area contributed by atoms with Gasteiger partial charge in [0, 0.05) is 13.1 Å². The summed E-state index contributed by atoms with van der Waals surface area (Å²) in [5, 5.41) is 11.0.